The van der Waals surface area contributed by atoms with Crippen molar-refractivity contribution in [3.05, 3.63) is 57.7 Å². The fraction of sp³-hybridized carbons (Fsp3) is 0.688. The number of benzene rings is 1. The minimum atomic E-state index is 0.530. The Kier molecular flexibility index (Phi) is 7.69. The summed E-state index contributed by atoms with van der Waals surface area (Å²) in [5, 5.41) is 0. The van der Waals surface area contributed by atoms with Gasteiger partial charge in [-0.2, -0.15) is 0 Å². The molecule has 0 radical (unpaired) electrons. The lowest BCUT2D eigenvalue weighted by atomic mass is 9.68. The Morgan fingerprint density at radius 1 is 0.969 bits per heavy atom. The normalized spacial score (nSPS) is 28.7. The molecule has 0 heterocycles. The summed E-state index contributed by atoms with van der Waals surface area (Å²) >= 11 is 0. The van der Waals surface area contributed by atoms with E-state index in [9.17, 15) is 0 Å². The maximum atomic E-state index is 2.59. The predicted molar refractivity (Wildman–Crippen MR) is 140 cm³/mol. The smallest absolute Gasteiger partial charge is 0.0133 e. The topological polar surface area (TPSA) is 0 Å². The van der Waals surface area contributed by atoms with Gasteiger partial charge in [-0.3, -0.25) is 0 Å². The fourth-order valence-corrected chi connectivity index (χ4v) is 6.85. The first-order chi connectivity index (χ1) is 15.4. The Balaban J connectivity index is 1.65. The molecule has 3 unspecified atom stereocenters. The molecule has 2 fully saturated rings. The second-order valence-corrected chi connectivity index (χ2v) is 12.2. The highest BCUT2D eigenvalue weighted by molar-refractivity contribution is 5.40. The largest absolute Gasteiger partial charge is 0.0879 e. The monoisotopic (exact) mass is 432 g/mol. The van der Waals surface area contributed by atoms with Crippen LogP contribution in [0.4, 0.5) is 0 Å². The molecule has 0 nitrogen and oxygen atoms in total. The molecule has 1 aromatic carbocycles. The minimum Gasteiger partial charge on any atom is -0.0879 e. The van der Waals surface area contributed by atoms with Crippen LogP contribution in [0.3, 0.4) is 0 Å². The second-order valence-electron chi connectivity index (χ2n) is 12.2. The number of aryl methyl sites for hydroxylation is 1. The van der Waals surface area contributed by atoms with E-state index in [0.29, 0.717) is 5.41 Å². The lowest BCUT2D eigenvalue weighted by Crippen LogP contribution is -2.26. The SMILES string of the molecule is CC=C(CC=C1CCC1)C1CCc2c(ccc(C)c2C)CC2CCCC(C)(C)CCC2C1. The zero-order chi connectivity index (χ0) is 22.7. The fourth-order valence-electron chi connectivity index (χ4n) is 6.85. The molecule has 4 rings (SSSR count). The molecule has 0 heteroatoms. The van der Waals surface area contributed by atoms with Crippen LogP contribution in [0.15, 0.2) is 35.4 Å². The molecule has 0 saturated heterocycles. The zero-order valence-electron chi connectivity index (χ0n) is 21.7. The molecule has 3 aliphatic rings. The summed E-state index contributed by atoms with van der Waals surface area (Å²) in [7, 11) is 0. The van der Waals surface area contributed by atoms with Crippen LogP contribution in [0.2, 0.25) is 0 Å². The van der Waals surface area contributed by atoms with Crippen molar-refractivity contribution in [1.82, 2.24) is 0 Å². The van der Waals surface area contributed by atoms with E-state index in [1.807, 2.05) is 0 Å². The number of hydrogen-bond acceptors (Lipinski definition) is 0. The van der Waals surface area contributed by atoms with Crippen molar-refractivity contribution in [3.63, 3.8) is 0 Å². The molecule has 0 amide bonds. The van der Waals surface area contributed by atoms with Gasteiger partial charge in [0.1, 0.15) is 0 Å². The number of rotatable bonds is 3. The van der Waals surface area contributed by atoms with E-state index >= 15 is 0 Å². The van der Waals surface area contributed by atoms with Gasteiger partial charge >= 0.3 is 0 Å². The Labute approximate surface area is 199 Å². The Bertz CT molecular complexity index is 843. The van der Waals surface area contributed by atoms with Gasteiger partial charge in [-0.1, -0.05) is 55.7 Å². The maximum absolute atomic E-state index is 2.59. The summed E-state index contributed by atoms with van der Waals surface area (Å²) in [6.45, 7) is 12.0. The highest BCUT2D eigenvalue weighted by atomic mass is 14.4. The van der Waals surface area contributed by atoms with Crippen LogP contribution < -0.4 is 0 Å². The van der Waals surface area contributed by atoms with Crippen LogP contribution in [0.25, 0.3) is 0 Å². The summed E-state index contributed by atoms with van der Waals surface area (Å²) in [6.07, 6.45) is 22.9. The van der Waals surface area contributed by atoms with Crippen LogP contribution in [0, 0.1) is 37.0 Å². The van der Waals surface area contributed by atoms with Gasteiger partial charge in [0.15, 0.2) is 0 Å². The van der Waals surface area contributed by atoms with E-state index < -0.39 is 0 Å². The lowest BCUT2D eigenvalue weighted by Gasteiger charge is -2.37. The molecule has 3 atom stereocenters. The Morgan fingerprint density at radius 3 is 2.50 bits per heavy atom. The molecule has 0 bridgehead atoms. The molecule has 3 aliphatic carbocycles. The standard InChI is InChI=1S/C32H48/c1-6-26(15-13-25-9-7-10-25)28-16-17-31-24(3)23(2)12-14-30(31)22-27-11-8-19-32(4,5)20-18-29(27)21-28/h6,12-14,27-29H,7-11,15-22H2,1-5H3. The molecule has 2 saturated carbocycles. The van der Waals surface area contributed by atoms with E-state index in [1.165, 1.54) is 89.0 Å². The molecular weight excluding hydrogens is 384 g/mol. The highest BCUT2D eigenvalue weighted by Crippen LogP contribution is 2.44. The summed E-state index contributed by atoms with van der Waals surface area (Å²) < 4.78 is 0. The van der Waals surface area contributed by atoms with Crippen molar-refractivity contribution in [2.75, 3.05) is 0 Å². The van der Waals surface area contributed by atoms with E-state index in [1.54, 1.807) is 27.8 Å². The van der Waals surface area contributed by atoms with Gasteiger partial charge in [0.25, 0.3) is 0 Å². The first kappa shape index (κ1) is 23.8. The zero-order valence-corrected chi connectivity index (χ0v) is 21.7. The van der Waals surface area contributed by atoms with Crippen LogP contribution >= 0.6 is 0 Å². The van der Waals surface area contributed by atoms with Crippen molar-refractivity contribution in [2.45, 2.75) is 118 Å². The van der Waals surface area contributed by atoms with Gasteiger partial charge < -0.3 is 0 Å². The van der Waals surface area contributed by atoms with Gasteiger partial charge in [0, 0.05) is 0 Å². The van der Waals surface area contributed by atoms with Gasteiger partial charge in [-0.15, -0.1) is 0 Å². The van der Waals surface area contributed by atoms with Gasteiger partial charge in [-0.05, 0) is 143 Å². The molecule has 0 aliphatic heterocycles. The second kappa shape index (κ2) is 10.3. The van der Waals surface area contributed by atoms with Gasteiger partial charge in [0.2, 0.25) is 0 Å². The van der Waals surface area contributed by atoms with Gasteiger partial charge in [0.05, 0.1) is 0 Å². The number of allylic oxidation sites excluding steroid dienone is 4. The first-order valence-corrected chi connectivity index (χ1v) is 13.8. The third-order valence-corrected chi connectivity index (χ3v) is 9.58. The van der Waals surface area contributed by atoms with Crippen LogP contribution in [0.1, 0.15) is 114 Å². The quantitative estimate of drug-likeness (QED) is 0.417. The van der Waals surface area contributed by atoms with E-state index in [-0.39, 0.29) is 0 Å². The summed E-state index contributed by atoms with van der Waals surface area (Å²) in [5.41, 5.74) is 10.4. The summed E-state index contributed by atoms with van der Waals surface area (Å²) in [4.78, 5) is 0. The van der Waals surface area contributed by atoms with E-state index in [2.05, 4.69) is 58.9 Å². The van der Waals surface area contributed by atoms with Gasteiger partial charge in [-0.25, -0.2) is 0 Å². The van der Waals surface area contributed by atoms with Crippen LogP contribution in [-0.4, -0.2) is 0 Å². The van der Waals surface area contributed by atoms with Crippen molar-refractivity contribution < 1.29 is 0 Å². The molecule has 0 N–H and O–H groups in total. The average molecular weight is 433 g/mol. The summed E-state index contributed by atoms with van der Waals surface area (Å²) in [5.74, 6) is 2.52. The summed E-state index contributed by atoms with van der Waals surface area (Å²) in [6, 6.07) is 4.89. The molecule has 1 aromatic rings. The minimum absolute atomic E-state index is 0.530. The third-order valence-electron chi connectivity index (χ3n) is 9.58. The average Bonchev–Trinajstić information content (AvgIpc) is 2.78. The number of hydrogen-bond donors (Lipinski definition) is 0. The van der Waals surface area contributed by atoms with E-state index in [4.69, 9.17) is 0 Å². The molecular formula is C32H48. The Hall–Kier alpha value is -1.30. The molecule has 0 spiro atoms. The lowest BCUT2D eigenvalue weighted by molar-refractivity contribution is 0.163. The van der Waals surface area contributed by atoms with Crippen molar-refractivity contribution in [3.8, 4) is 0 Å². The first-order valence-electron chi connectivity index (χ1n) is 13.8. The predicted octanol–water partition coefficient (Wildman–Crippen LogP) is 9.47. The van der Waals surface area contributed by atoms with Crippen molar-refractivity contribution in [2.24, 2.45) is 23.2 Å². The maximum Gasteiger partial charge on any atom is -0.0133 e. The van der Waals surface area contributed by atoms with Crippen LogP contribution in [-0.2, 0) is 12.8 Å². The molecule has 176 valence electrons. The number of fused-ring (bicyclic) bond motifs is 2. The van der Waals surface area contributed by atoms with E-state index in [0.717, 1.165) is 17.8 Å². The Morgan fingerprint density at radius 2 is 1.78 bits per heavy atom. The molecule has 0 aromatic heterocycles. The third kappa shape index (κ3) is 5.60. The van der Waals surface area contributed by atoms with Crippen LogP contribution in [0.5, 0.6) is 0 Å². The molecule has 32 heavy (non-hydrogen) atoms. The van der Waals surface area contributed by atoms with Crippen molar-refractivity contribution in [1.29, 1.82) is 0 Å². The highest BCUT2D eigenvalue weighted by Gasteiger charge is 2.33. The van der Waals surface area contributed by atoms with Crippen molar-refractivity contribution >= 4 is 0 Å².